The molecule has 2 aromatic carbocycles. The summed E-state index contributed by atoms with van der Waals surface area (Å²) in [5.41, 5.74) is 3.17. The van der Waals surface area contributed by atoms with Crippen LogP contribution in [0, 0.1) is 13.8 Å². The van der Waals surface area contributed by atoms with Gasteiger partial charge >= 0.3 is 0 Å². The van der Waals surface area contributed by atoms with Crippen molar-refractivity contribution in [3.05, 3.63) is 59.9 Å². The second kappa shape index (κ2) is 7.64. The second-order valence-corrected chi connectivity index (χ2v) is 9.97. The molecule has 0 saturated heterocycles. The maximum atomic E-state index is 13.6. The Kier molecular flexibility index (Phi) is 5.15. The molecular formula is C21H23N5O3S. The summed E-state index contributed by atoms with van der Waals surface area (Å²) in [6.45, 7) is 3.81. The third kappa shape index (κ3) is 3.39. The summed E-state index contributed by atoms with van der Waals surface area (Å²) in [6, 6.07) is 12.0. The van der Waals surface area contributed by atoms with E-state index in [9.17, 15) is 13.2 Å². The first-order valence-corrected chi connectivity index (χ1v) is 11.3. The molecule has 0 radical (unpaired) electrons. The predicted molar refractivity (Wildman–Crippen MR) is 112 cm³/mol. The molecule has 0 bridgehead atoms. The maximum absolute atomic E-state index is 13.6. The number of carbonyl (C=O) groups is 1. The molecule has 0 spiro atoms. The lowest BCUT2D eigenvalue weighted by molar-refractivity contribution is -0.118. The number of sulfone groups is 1. The average Bonchev–Trinajstić information content (AvgIpc) is 3.43. The van der Waals surface area contributed by atoms with Crippen LogP contribution in [0.3, 0.4) is 0 Å². The summed E-state index contributed by atoms with van der Waals surface area (Å²) in [6.07, 6.45) is 3.51. The number of carbonyl (C=O) groups excluding carboxylic acids is 1. The van der Waals surface area contributed by atoms with Crippen molar-refractivity contribution in [1.82, 2.24) is 20.2 Å². The minimum Gasteiger partial charge on any atom is -0.325 e. The Morgan fingerprint density at radius 1 is 1.03 bits per heavy atom. The number of hydrogen-bond donors (Lipinski definition) is 1. The lowest BCUT2D eigenvalue weighted by atomic mass is 10.1. The van der Waals surface area contributed by atoms with Crippen molar-refractivity contribution in [2.24, 2.45) is 0 Å². The van der Waals surface area contributed by atoms with Gasteiger partial charge in [0.15, 0.2) is 14.6 Å². The third-order valence-electron chi connectivity index (χ3n) is 5.87. The van der Waals surface area contributed by atoms with Crippen molar-refractivity contribution < 1.29 is 13.2 Å². The molecule has 1 heterocycles. The summed E-state index contributed by atoms with van der Waals surface area (Å²) >= 11 is 0. The quantitative estimate of drug-likeness (QED) is 0.673. The van der Waals surface area contributed by atoms with Gasteiger partial charge in [-0.15, -0.1) is 5.10 Å². The van der Waals surface area contributed by atoms with Crippen LogP contribution < -0.4 is 5.32 Å². The highest BCUT2D eigenvalue weighted by atomic mass is 32.2. The first-order chi connectivity index (χ1) is 14.3. The minimum atomic E-state index is -3.85. The van der Waals surface area contributed by atoms with Gasteiger partial charge in [0, 0.05) is 5.69 Å². The van der Waals surface area contributed by atoms with Crippen LogP contribution in [0.4, 0.5) is 5.69 Å². The molecule has 1 aliphatic carbocycles. The SMILES string of the molecule is Cc1ccc(S(=O)(=O)C2(C(=O)Nc3ccc(-n4cnnn4)cc3)CCCC2)cc1C. The number of aryl methyl sites for hydroxylation is 2. The number of tetrazole rings is 1. The predicted octanol–water partition coefficient (Wildman–Crippen LogP) is 3.00. The molecule has 1 amide bonds. The van der Waals surface area contributed by atoms with Gasteiger partial charge in [0.25, 0.3) is 0 Å². The lowest BCUT2D eigenvalue weighted by Crippen LogP contribution is -2.47. The summed E-state index contributed by atoms with van der Waals surface area (Å²) in [7, 11) is -3.85. The molecule has 1 saturated carbocycles. The zero-order chi connectivity index (χ0) is 21.4. The molecule has 1 aromatic heterocycles. The minimum absolute atomic E-state index is 0.205. The van der Waals surface area contributed by atoms with E-state index in [1.165, 1.54) is 11.0 Å². The fourth-order valence-corrected chi connectivity index (χ4v) is 6.04. The average molecular weight is 426 g/mol. The van der Waals surface area contributed by atoms with Crippen LogP contribution in [0.15, 0.2) is 53.7 Å². The van der Waals surface area contributed by atoms with Gasteiger partial charge in [-0.3, -0.25) is 4.79 Å². The van der Waals surface area contributed by atoms with Gasteiger partial charge in [-0.2, -0.15) is 0 Å². The standard InChI is InChI=1S/C21H23N5O3S/c1-15-5-10-19(13-16(15)2)30(28,29)21(11-3-4-12-21)20(27)23-17-6-8-18(9-7-17)26-14-22-24-25-26/h5-10,13-14H,3-4,11-12H2,1-2H3,(H,23,27). The number of aromatic nitrogens is 4. The molecule has 0 unspecified atom stereocenters. The summed E-state index contributed by atoms with van der Waals surface area (Å²) in [5, 5.41) is 13.8. The maximum Gasteiger partial charge on any atom is 0.246 e. The monoisotopic (exact) mass is 425 g/mol. The number of nitrogens with zero attached hydrogens (tertiary/aromatic N) is 4. The third-order valence-corrected chi connectivity index (χ3v) is 8.36. The Hall–Kier alpha value is -3.07. The Morgan fingerprint density at radius 3 is 2.33 bits per heavy atom. The van der Waals surface area contributed by atoms with E-state index in [0.29, 0.717) is 31.4 Å². The fourth-order valence-electron chi connectivity index (χ4n) is 3.89. The molecule has 3 aromatic rings. The number of hydrogen-bond acceptors (Lipinski definition) is 6. The van der Waals surface area contributed by atoms with E-state index in [0.717, 1.165) is 16.8 Å². The van der Waals surface area contributed by atoms with Crippen molar-refractivity contribution in [2.75, 3.05) is 5.32 Å². The Morgan fingerprint density at radius 2 is 1.73 bits per heavy atom. The largest absolute Gasteiger partial charge is 0.325 e. The number of amides is 1. The van der Waals surface area contributed by atoms with Crippen LogP contribution in [-0.4, -0.2) is 39.3 Å². The van der Waals surface area contributed by atoms with Crippen LogP contribution in [0.1, 0.15) is 36.8 Å². The zero-order valence-corrected chi connectivity index (χ0v) is 17.7. The smallest absolute Gasteiger partial charge is 0.246 e. The Balaban J connectivity index is 1.63. The molecule has 1 N–H and O–H groups in total. The van der Waals surface area contributed by atoms with Gasteiger partial charge in [0.05, 0.1) is 10.6 Å². The van der Waals surface area contributed by atoms with E-state index in [4.69, 9.17) is 0 Å². The van der Waals surface area contributed by atoms with E-state index >= 15 is 0 Å². The highest BCUT2D eigenvalue weighted by molar-refractivity contribution is 7.93. The van der Waals surface area contributed by atoms with E-state index in [2.05, 4.69) is 20.8 Å². The lowest BCUT2D eigenvalue weighted by Gasteiger charge is -2.28. The molecule has 156 valence electrons. The number of rotatable bonds is 5. The number of nitrogens with one attached hydrogen (secondary N) is 1. The van der Waals surface area contributed by atoms with E-state index < -0.39 is 20.5 Å². The first kappa shape index (κ1) is 20.2. The molecule has 8 nitrogen and oxygen atoms in total. The summed E-state index contributed by atoms with van der Waals surface area (Å²) < 4.78 is 27.2. The van der Waals surface area contributed by atoms with Gasteiger partial charge in [-0.25, -0.2) is 13.1 Å². The fraction of sp³-hybridized carbons (Fsp3) is 0.333. The molecular weight excluding hydrogens is 402 g/mol. The Bertz CT molecular complexity index is 1170. The molecule has 4 rings (SSSR count). The summed E-state index contributed by atoms with van der Waals surface area (Å²) in [5.74, 6) is -0.478. The van der Waals surface area contributed by atoms with Gasteiger partial charge in [0.1, 0.15) is 6.33 Å². The van der Waals surface area contributed by atoms with E-state index in [-0.39, 0.29) is 4.90 Å². The highest BCUT2D eigenvalue weighted by Crippen LogP contribution is 2.41. The van der Waals surface area contributed by atoms with Crippen LogP contribution in [0.25, 0.3) is 5.69 Å². The molecule has 1 fully saturated rings. The molecule has 30 heavy (non-hydrogen) atoms. The van der Waals surface area contributed by atoms with Gasteiger partial charge in [0.2, 0.25) is 5.91 Å². The van der Waals surface area contributed by atoms with Gasteiger partial charge in [-0.05, 0) is 84.6 Å². The van der Waals surface area contributed by atoms with E-state index in [1.54, 1.807) is 42.5 Å². The number of benzene rings is 2. The molecule has 0 atom stereocenters. The van der Waals surface area contributed by atoms with Crippen molar-refractivity contribution in [3.63, 3.8) is 0 Å². The highest BCUT2D eigenvalue weighted by Gasteiger charge is 2.53. The number of anilines is 1. The van der Waals surface area contributed by atoms with Crippen LogP contribution in [-0.2, 0) is 14.6 Å². The summed E-state index contributed by atoms with van der Waals surface area (Å²) in [4.78, 5) is 13.5. The van der Waals surface area contributed by atoms with Crippen molar-refractivity contribution in [3.8, 4) is 5.69 Å². The van der Waals surface area contributed by atoms with Gasteiger partial charge in [-0.1, -0.05) is 18.9 Å². The normalized spacial score (nSPS) is 15.8. The second-order valence-electron chi connectivity index (χ2n) is 7.71. The van der Waals surface area contributed by atoms with Crippen LogP contribution >= 0.6 is 0 Å². The van der Waals surface area contributed by atoms with Crippen LogP contribution in [0.2, 0.25) is 0 Å². The molecule has 1 aliphatic rings. The van der Waals surface area contributed by atoms with Crippen molar-refractivity contribution in [1.29, 1.82) is 0 Å². The zero-order valence-electron chi connectivity index (χ0n) is 16.9. The molecule has 9 heteroatoms. The van der Waals surface area contributed by atoms with Crippen LogP contribution in [0.5, 0.6) is 0 Å². The van der Waals surface area contributed by atoms with Gasteiger partial charge < -0.3 is 5.32 Å². The first-order valence-electron chi connectivity index (χ1n) is 9.80. The van der Waals surface area contributed by atoms with Crippen molar-refractivity contribution >= 4 is 21.4 Å². The molecule has 0 aliphatic heterocycles. The van der Waals surface area contributed by atoms with Crippen molar-refractivity contribution in [2.45, 2.75) is 49.2 Å². The topological polar surface area (TPSA) is 107 Å². The van der Waals surface area contributed by atoms with E-state index in [1.807, 2.05) is 13.8 Å². The Labute approximate surface area is 175 Å².